The van der Waals surface area contributed by atoms with E-state index in [0.29, 0.717) is 21.0 Å². The fourth-order valence-electron chi connectivity index (χ4n) is 2.08. The molecule has 24 heavy (non-hydrogen) atoms. The smallest absolute Gasteiger partial charge is 0.330 e. The second kappa shape index (κ2) is 9.80. The highest BCUT2D eigenvalue weighted by atomic mass is 28.2. The molecule has 2 unspecified atom stereocenters. The second-order valence-corrected chi connectivity index (χ2v) is 8.05. The summed E-state index contributed by atoms with van der Waals surface area (Å²) < 4.78 is 11.2. The lowest BCUT2D eigenvalue weighted by Gasteiger charge is -2.55. The van der Waals surface area contributed by atoms with E-state index in [1.165, 1.54) is 6.92 Å². The Labute approximate surface area is 150 Å². The Morgan fingerprint density at radius 2 is 1.46 bits per heavy atom. The summed E-state index contributed by atoms with van der Waals surface area (Å²) in [6.07, 6.45) is -2.57. The maximum absolute atomic E-state index is 10.3. The van der Waals surface area contributed by atoms with Gasteiger partial charge in [0.2, 0.25) is 0 Å². The van der Waals surface area contributed by atoms with Crippen LogP contribution in [0.1, 0.15) is 41.5 Å². The maximum atomic E-state index is 10.3. The third kappa shape index (κ3) is 5.76. The molecule has 0 aliphatic carbocycles. The molecule has 0 bridgehead atoms. The minimum absolute atomic E-state index is 0.176. The van der Waals surface area contributed by atoms with Gasteiger partial charge in [-0.05, 0) is 12.3 Å². The van der Waals surface area contributed by atoms with E-state index in [2.05, 4.69) is 6.58 Å². The summed E-state index contributed by atoms with van der Waals surface area (Å²) in [5, 5.41) is 37.0. The maximum Gasteiger partial charge on any atom is 0.330 e. The topological polar surface area (TPSA) is 116 Å². The van der Waals surface area contributed by atoms with Crippen LogP contribution in [0.15, 0.2) is 12.2 Å². The first kappa shape index (κ1) is 25.7. The number of hydrogen-bond donors (Lipinski definition) is 4. The van der Waals surface area contributed by atoms with E-state index in [9.17, 15) is 15.0 Å². The Morgan fingerprint density at radius 3 is 1.62 bits per heavy atom. The van der Waals surface area contributed by atoms with Gasteiger partial charge in [0.05, 0.1) is 6.61 Å². The van der Waals surface area contributed by atoms with Crippen LogP contribution in [0.3, 0.4) is 0 Å². The van der Waals surface area contributed by atoms with Gasteiger partial charge in [0, 0.05) is 11.0 Å². The molecule has 0 fully saturated rings. The molecule has 0 aromatic rings. The van der Waals surface area contributed by atoms with Gasteiger partial charge >= 0.3 is 5.97 Å². The molecule has 0 radical (unpaired) electrons. The van der Waals surface area contributed by atoms with Crippen LogP contribution >= 0.6 is 0 Å². The van der Waals surface area contributed by atoms with Crippen molar-refractivity contribution in [2.45, 2.75) is 59.5 Å². The van der Waals surface area contributed by atoms with Gasteiger partial charge < -0.3 is 29.3 Å². The Bertz CT molecular complexity index is 403. The van der Waals surface area contributed by atoms with E-state index >= 15 is 0 Å². The fourth-order valence-corrected chi connectivity index (χ4v) is 4.25. The van der Waals surface area contributed by atoms with Crippen molar-refractivity contribution < 1.29 is 34.1 Å². The summed E-state index contributed by atoms with van der Waals surface area (Å²) in [5.41, 5.74) is -0.577. The van der Waals surface area contributed by atoms with Gasteiger partial charge in [-0.1, -0.05) is 41.2 Å². The number of carboxylic acids is 1. The average Bonchev–Trinajstić information content (AvgIpc) is 2.47. The number of carbonyl (C=O) groups is 1. The molecule has 0 heterocycles. The van der Waals surface area contributed by atoms with Crippen LogP contribution in [0.5, 0.6) is 0 Å². The van der Waals surface area contributed by atoms with Crippen molar-refractivity contribution >= 4 is 26.9 Å². The van der Waals surface area contributed by atoms with Gasteiger partial charge in [-0.3, -0.25) is 0 Å². The molecule has 0 aromatic heterocycles. The SMILES string of the molecule is C=C(C)C(=O)O.CC(C)(C)C(C)(C)C(O[SiH3])(O[SiH3])C(O)C(O)CO. The van der Waals surface area contributed by atoms with Crippen LogP contribution in [0, 0.1) is 10.8 Å². The van der Waals surface area contributed by atoms with Crippen molar-refractivity contribution in [1.29, 1.82) is 0 Å². The highest BCUT2D eigenvalue weighted by Crippen LogP contribution is 2.50. The van der Waals surface area contributed by atoms with Gasteiger partial charge in [0.1, 0.15) is 33.2 Å². The Morgan fingerprint density at radius 1 is 1.12 bits per heavy atom. The van der Waals surface area contributed by atoms with Crippen molar-refractivity contribution in [2.24, 2.45) is 10.8 Å². The molecule has 0 rings (SSSR count). The first-order chi connectivity index (χ1) is 10.7. The molecule has 0 saturated carbocycles. The highest BCUT2D eigenvalue weighted by Gasteiger charge is 2.57. The fraction of sp³-hybridized carbons (Fsp3) is 0.800. The lowest BCUT2D eigenvalue weighted by molar-refractivity contribution is -0.290. The van der Waals surface area contributed by atoms with Gasteiger partial charge in [-0.2, -0.15) is 0 Å². The minimum Gasteiger partial charge on any atom is -0.478 e. The van der Waals surface area contributed by atoms with Crippen molar-refractivity contribution in [3.8, 4) is 0 Å². The zero-order valence-electron chi connectivity index (χ0n) is 16.1. The molecular formula is C15H34O7Si2. The van der Waals surface area contributed by atoms with E-state index in [-0.39, 0.29) is 11.0 Å². The molecule has 4 N–H and O–H groups in total. The Hall–Kier alpha value is -0.556. The molecule has 0 aromatic carbocycles. The summed E-state index contributed by atoms with van der Waals surface area (Å²) >= 11 is 0. The van der Waals surface area contributed by atoms with Crippen molar-refractivity contribution in [1.82, 2.24) is 0 Å². The van der Waals surface area contributed by atoms with Crippen LogP contribution in [-0.4, -0.2) is 72.0 Å². The van der Waals surface area contributed by atoms with E-state index < -0.39 is 36.0 Å². The number of aliphatic hydroxyl groups excluding tert-OH is 3. The van der Waals surface area contributed by atoms with Crippen LogP contribution in [-0.2, 0) is 13.6 Å². The second-order valence-electron chi connectivity index (χ2n) is 7.23. The van der Waals surface area contributed by atoms with Gasteiger partial charge in [0.25, 0.3) is 0 Å². The highest BCUT2D eigenvalue weighted by molar-refractivity contribution is 6.00. The number of hydrogen-bond acceptors (Lipinski definition) is 6. The molecule has 0 aliphatic heterocycles. The number of aliphatic carboxylic acids is 1. The summed E-state index contributed by atoms with van der Waals surface area (Å²) in [6, 6.07) is 0. The standard InChI is InChI=1S/C11H28O5Si2.C4H6O2/c1-9(2,3)10(4,5)11(15-17,16-18)8(14)7(13)6-12;1-3(2)4(5)6/h7-8,12-14H,6H2,1-5,17-18H3;1H2,2H3,(H,5,6). The third-order valence-electron chi connectivity index (χ3n) is 4.66. The number of carboxylic acid groups (broad SMARTS) is 1. The first-order valence-electron chi connectivity index (χ1n) is 7.62. The monoisotopic (exact) mass is 382 g/mol. The molecule has 0 amide bonds. The largest absolute Gasteiger partial charge is 0.478 e. The Balaban J connectivity index is 0. The quantitative estimate of drug-likeness (QED) is 0.246. The average molecular weight is 383 g/mol. The molecular weight excluding hydrogens is 348 g/mol. The van der Waals surface area contributed by atoms with E-state index in [1.807, 2.05) is 34.6 Å². The third-order valence-corrected chi connectivity index (χ3v) is 5.87. The zero-order chi connectivity index (χ0) is 19.9. The lowest BCUT2D eigenvalue weighted by atomic mass is 9.62. The molecule has 9 heteroatoms. The zero-order valence-corrected chi connectivity index (χ0v) is 20.1. The number of aliphatic hydroxyl groups is 3. The van der Waals surface area contributed by atoms with E-state index in [4.69, 9.17) is 19.1 Å². The summed E-state index contributed by atoms with van der Waals surface area (Å²) in [7, 11) is 0.722. The first-order valence-corrected chi connectivity index (χ1v) is 9.25. The van der Waals surface area contributed by atoms with E-state index in [1.54, 1.807) is 0 Å². The summed E-state index contributed by atoms with van der Waals surface area (Å²) in [6.45, 7) is 14.0. The summed E-state index contributed by atoms with van der Waals surface area (Å²) in [5.74, 6) is -2.22. The number of rotatable bonds is 7. The van der Waals surface area contributed by atoms with Crippen LogP contribution in [0.25, 0.3) is 0 Å². The minimum atomic E-state index is -1.29. The van der Waals surface area contributed by atoms with Crippen molar-refractivity contribution in [3.63, 3.8) is 0 Å². The molecule has 0 saturated heterocycles. The molecule has 0 aliphatic rings. The predicted octanol–water partition coefficient (Wildman–Crippen LogP) is -1.29. The van der Waals surface area contributed by atoms with Crippen LogP contribution in [0.4, 0.5) is 0 Å². The molecule has 2 atom stereocenters. The van der Waals surface area contributed by atoms with Crippen LogP contribution < -0.4 is 0 Å². The predicted molar refractivity (Wildman–Crippen MR) is 99.6 cm³/mol. The molecule has 144 valence electrons. The summed E-state index contributed by atoms with van der Waals surface area (Å²) in [4.78, 5) is 9.60. The van der Waals surface area contributed by atoms with Gasteiger partial charge in [-0.15, -0.1) is 0 Å². The molecule has 7 nitrogen and oxygen atoms in total. The van der Waals surface area contributed by atoms with Gasteiger partial charge in [-0.25, -0.2) is 4.79 Å². The Kier molecular flexibility index (Phi) is 10.5. The van der Waals surface area contributed by atoms with Gasteiger partial charge in [0.15, 0.2) is 5.79 Å². The van der Waals surface area contributed by atoms with E-state index in [0.717, 1.165) is 0 Å². The van der Waals surface area contributed by atoms with Crippen molar-refractivity contribution in [2.75, 3.05) is 6.61 Å². The van der Waals surface area contributed by atoms with Crippen molar-refractivity contribution in [3.05, 3.63) is 12.2 Å². The molecule has 0 spiro atoms. The normalized spacial score (nSPS) is 17.4. The lowest BCUT2D eigenvalue weighted by Crippen LogP contribution is -2.65. The van der Waals surface area contributed by atoms with Crippen LogP contribution in [0.2, 0.25) is 0 Å².